The normalized spacial score (nSPS) is 11.6. The smallest absolute Gasteiger partial charge is 0.211 e. The second-order valence-electron chi connectivity index (χ2n) is 3.70. The molecule has 4 nitrogen and oxygen atoms in total. The molecule has 1 aromatic rings. The van der Waals surface area contributed by atoms with Crippen molar-refractivity contribution in [2.45, 2.75) is 19.4 Å². The molecular formula is C11H16ClNO3S. The average molecular weight is 278 g/mol. The van der Waals surface area contributed by atoms with Gasteiger partial charge in [0.2, 0.25) is 10.0 Å². The van der Waals surface area contributed by atoms with E-state index in [0.29, 0.717) is 18.7 Å². The van der Waals surface area contributed by atoms with E-state index in [1.54, 1.807) is 12.1 Å². The summed E-state index contributed by atoms with van der Waals surface area (Å²) in [5.41, 5.74) is 0.809. The molecule has 0 heterocycles. The highest BCUT2D eigenvalue weighted by Crippen LogP contribution is 2.09. The van der Waals surface area contributed by atoms with E-state index in [1.807, 2.05) is 0 Å². The fourth-order valence-electron chi connectivity index (χ4n) is 1.27. The number of hydrogen-bond donors (Lipinski definition) is 2. The number of aromatic hydroxyl groups is 1. The standard InChI is InChI=1S/C11H16ClNO3S/c12-7-1-2-8-17(15,16)13-9-10-3-5-11(14)6-4-10/h3-6,13-14H,1-2,7-9H2. The molecule has 0 aromatic heterocycles. The van der Waals surface area contributed by atoms with Gasteiger partial charge < -0.3 is 5.11 Å². The summed E-state index contributed by atoms with van der Waals surface area (Å²) in [6.07, 6.45) is 1.26. The number of phenolic OH excluding ortho intramolecular Hbond substituents is 1. The number of alkyl halides is 1. The largest absolute Gasteiger partial charge is 0.508 e. The van der Waals surface area contributed by atoms with Crippen LogP contribution in [0, 0.1) is 0 Å². The highest BCUT2D eigenvalue weighted by atomic mass is 35.5. The van der Waals surface area contributed by atoms with E-state index in [2.05, 4.69) is 4.72 Å². The lowest BCUT2D eigenvalue weighted by molar-refractivity contribution is 0.475. The first-order valence-electron chi connectivity index (χ1n) is 5.35. The Bertz CT molecular complexity index is 431. The third kappa shape index (κ3) is 5.91. The predicted molar refractivity (Wildman–Crippen MR) is 68.7 cm³/mol. The summed E-state index contributed by atoms with van der Waals surface area (Å²) in [4.78, 5) is 0. The minimum absolute atomic E-state index is 0.0950. The van der Waals surface area contributed by atoms with E-state index in [1.165, 1.54) is 12.1 Å². The Morgan fingerprint density at radius 3 is 2.41 bits per heavy atom. The van der Waals surface area contributed by atoms with Gasteiger partial charge in [-0.3, -0.25) is 0 Å². The molecule has 1 aromatic carbocycles. The Kier molecular flexibility index (Phi) is 5.74. The molecule has 0 atom stereocenters. The van der Waals surface area contributed by atoms with Gasteiger partial charge in [0.15, 0.2) is 0 Å². The summed E-state index contributed by atoms with van der Waals surface area (Å²) < 4.78 is 25.6. The van der Waals surface area contributed by atoms with Gasteiger partial charge in [-0.15, -0.1) is 11.6 Å². The average Bonchev–Trinajstić information content (AvgIpc) is 2.29. The molecule has 0 amide bonds. The van der Waals surface area contributed by atoms with Crippen LogP contribution in [0.25, 0.3) is 0 Å². The van der Waals surface area contributed by atoms with E-state index >= 15 is 0 Å². The first kappa shape index (κ1) is 14.3. The topological polar surface area (TPSA) is 66.4 Å². The van der Waals surface area contributed by atoms with Gasteiger partial charge in [0.25, 0.3) is 0 Å². The number of nitrogens with one attached hydrogen (secondary N) is 1. The Hall–Kier alpha value is -0.780. The number of benzene rings is 1. The van der Waals surface area contributed by atoms with Gasteiger partial charge in [-0.2, -0.15) is 0 Å². The van der Waals surface area contributed by atoms with Crippen molar-refractivity contribution < 1.29 is 13.5 Å². The zero-order valence-electron chi connectivity index (χ0n) is 9.39. The molecule has 0 spiro atoms. The molecule has 17 heavy (non-hydrogen) atoms. The number of phenols is 1. The Morgan fingerprint density at radius 2 is 1.82 bits per heavy atom. The predicted octanol–water partition coefficient (Wildman–Crippen LogP) is 1.83. The van der Waals surface area contributed by atoms with Crippen LogP contribution in [0.1, 0.15) is 18.4 Å². The molecular weight excluding hydrogens is 262 g/mol. The maximum absolute atomic E-state index is 11.5. The summed E-state index contributed by atoms with van der Waals surface area (Å²) in [6.45, 7) is 0.240. The summed E-state index contributed by atoms with van der Waals surface area (Å²) in [5.74, 6) is 0.740. The second-order valence-corrected chi connectivity index (χ2v) is 6.01. The van der Waals surface area contributed by atoms with Crippen molar-refractivity contribution in [3.8, 4) is 5.75 Å². The highest BCUT2D eigenvalue weighted by molar-refractivity contribution is 7.89. The summed E-state index contributed by atoms with van der Waals surface area (Å²) in [6, 6.07) is 6.40. The number of rotatable bonds is 7. The van der Waals surface area contributed by atoms with E-state index in [0.717, 1.165) is 5.56 Å². The van der Waals surface area contributed by atoms with Gasteiger partial charge in [-0.05, 0) is 30.5 Å². The number of hydrogen-bond acceptors (Lipinski definition) is 3. The van der Waals surface area contributed by atoms with E-state index in [9.17, 15) is 8.42 Å². The molecule has 0 aliphatic carbocycles. The van der Waals surface area contributed by atoms with Crippen molar-refractivity contribution in [1.82, 2.24) is 4.72 Å². The van der Waals surface area contributed by atoms with Crippen LogP contribution in [0.5, 0.6) is 5.75 Å². The zero-order chi connectivity index (χ0) is 12.7. The molecule has 6 heteroatoms. The van der Waals surface area contributed by atoms with Crippen LogP contribution in [-0.4, -0.2) is 25.2 Å². The third-order valence-corrected chi connectivity index (χ3v) is 3.91. The molecule has 0 aliphatic heterocycles. The van der Waals surface area contributed by atoms with Gasteiger partial charge in [0.05, 0.1) is 5.75 Å². The van der Waals surface area contributed by atoms with Gasteiger partial charge in [0.1, 0.15) is 5.75 Å². The fourth-order valence-corrected chi connectivity index (χ4v) is 2.57. The van der Waals surface area contributed by atoms with Crippen molar-refractivity contribution in [2.75, 3.05) is 11.6 Å². The molecule has 0 aliphatic rings. The van der Waals surface area contributed by atoms with Crippen LogP contribution >= 0.6 is 11.6 Å². The van der Waals surface area contributed by atoms with Crippen LogP contribution in [0.2, 0.25) is 0 Å². The quantitative estimate of drug-likeness (QED) is 0.590. The molecule has 2 N–H and O–H groups in total. The van der Waals surface area contributed by atoms with Crippen LogP contribution in [0.15, 0.2) is 24.3 Å². The van der Waals surface area contributed by atoms with Crippen molar-refractivity contribution in [3.05, 3.63) is 29.8 Å². The number of sulfonamides is 1. The van der Waals surface area contributed by atoms with Crippen molar-refractivity contribution >= 4 is 21.6 Å². The number of unbranched alkanes of at least 4 members (excludes halogenated alkanes) is 1. The summed E-state index contributed by atoms with van der Waals surface area (Å²) in [5, 5.41) is 9.08. The minimum atomic E-state index is -3.23. The molecule has 0 saturated heterocycles. The Balaban J connectivity index is 2.41. The van der Waals surface area contributed by atoms with Gasteiger partial charge >= 0.3 is 0 Å². The second kappa shape index (κ2) is 6.83. The minimum Gasteiger partial charge on any atom is -0.508 e. The van der Waals surface area contributed by atoms with E-state index < -0.39 is 10.0 Å². The monoisotopic (exact) mass is 277 g/mol. The Morgan fingerprint density at radius 1 is 1.18 bits per heavy atom. The summed E-state index contributed by atoms with van der Waals surface area (Å²) in [7, 11) is -3.23. The molecule has 1 rings (SSSR count). The molecule has 0 saturated carbocycles. The zero-order valence-corrected chi connectivity index (χ0v) is 11.0. The van der Waals surface area contributed by atoms with Gasteiger partial charge in [-0.25, -0.2) is 13.1 Å². The van der Waals surface area contributed by atoms with Crippen LogP contribution < -0.4 is 4.72 Å². The maximum atomic E-state index is 11.5. The van der Waals surface area contributed by atoms with Crippen LogP contribution in [0.3, 0.4) is 0 Å². The van der Waals surface area contributed by atoms with Crippen molar-refractivity contribution in [2.24, 2.45) is 0 Å². The molecule has 0 radical (unpaired) electrons. The van der Waals surface area contributed by atoms with E-state index in [-0.39, 0.29) is 18.0 Å². The SMILES string of the molecule is O=S(=O)(CCCCCl)NCc1ccc(O)cc1. The first-order valence-corrected chi connectivity index (χ1v) is 7.53. The van der Waals surface area contributed by atoms with Crippen LogP contribution in [-0.2, 0) is 16.6 Å². The molecule has 0 bridgehead atoms. The lowest BCUT2D eigenvalue weighted by Gasteiger charge is -2.06. The third-order valence-electron chi connectivity index (χ3n) is 2.23. The first-order chi connectivity index (χ1) is 8.03. The Labute approximate surface area is 107 Å². The van der Waals surface area contributed by atoms with Gasteiger partial charge in [0, 0.05) is 12.4 Å². The highest BCUT2D eigenvalue weighted by Gasteiger charge is 2.08. The van der Waals surface area contributed by atoms with Crippen molar-refractivity contribution in [3.63, 3.8) is 0 Å². The lowest BCUT2D eigenvalue weighted by Crippen LogP contribution is -2.25. The fraction of sp³-hybridized carbons (Fsp3) is 0.455. The van der Waals surface area contributed by atoms with Gasteiger partial charge in [-0.1, -0.05) is 12.1 Å². The number of halogens is 1. The lowest BCUT2D eigenvalue weighted by atomic mass is 10.2. The van der Waals surface area contributed by atoms with Crippen LogP contribution in [0.4, 0.5) is 0 Å². The molecule has 0 unspecified atom stereocenters. The van der Waals surface area contributed by atoms with Crippen molar-refractivity contribution in [1.29, 1.82) is 0 Å². The van der Waals surface area contributed by atoms with E-state index in [4.69, 9.17) is 16.7 Å². The summed E-state index contributed by atoms with van der Waals surface area (Å²) >= 11 is 5.48. The maximum Gasteiger partial charge on any atom is 0.211 e. The molecule has 96 valence electrons. The molecule has 0 fully saturated rings.